The summed E-state index contributed by atoms with van der Waals surface area (Å²) in [5.41, 5.74) is -0.158. The number of hydrogen-bond acceptors (Lipinski definition) is 3. The molecule has 16 heavy (non-hydrogen) atoms. The van der Waals surface area contributed by atoms with Crippen LogP contribution in [-0.2, 0) is 14.3 Å². The van der Waals surface area contributed by atoms with Gasteiger partial charge in [0.15, 0.2) is 0 Å². The first-order chi connectivity index (χ1) is 7.33. The molecule has 0 aromatic carbocycles. The zero-order valence-electron chi connectivity index (χ0n) is 10.9. The highest BCUT2D eigenvalue weighted by molar-refractivity contribution is 5.74. The van der Waals surface area contributed by atoms with Gasteiger partial charge in [-0.05, 0) is 27.2 Å². The molecule has 0 aromatic rings. The quantitative estimate of drug-likeness (QED) is 0.735. The average Bonchev–Trinajstić information content (AvgIpc) is 2.45. The molecule has 0 radical (unpaired) electrons. The summed E-state index contributed by atoms with van der Waals surface area (Å²) in [4.78, 5) is 13.3. The number of carbonyl (C=O) groups is 1. The predicted molar refractivity (Wildman–Crippen MR) is 62.3 cm³/mol. The van der Waals surface area contributed by atoms with Crippen LogP contribution in [0.4, 0.5) is 0 Å². The zero-order chi connectivity index (χ0) is 12.3. The Morgan fingerprint density at radius 2 is 2.06 bits per heavy atom. The van der Waals surface area contributed by atoms with Crippen molar-refractivity contribution >= 4 is 5.91 Å². The second-order valence-electron chi connectivity index (χ2n) is 5.37. The van der Waals surface area contributed by atoms with E-state index in [0.717, 1.165) is 6.42 Å². The third-order valence-electron chi connectivity index (χ3n) is 2.66. The monoisotopic (exact) mass is 229 g/mol. The van der Waals surface area contributed by atoms with Crippen LogP contribution in [-0.4, -0.2) is 48.8 Å². The summed E-state index contributed by atoms with van der Waals surface area (Å²) >= 11 is 0. The van der Waals surface area contributed by atoms with E-state index in [1.54, 1.807) is 14.0 Å². The lowest BCUT2D eigenvalue weighted by Gasteiger charge is -2.24. The van der Waals surface area contributed by atoms with Crippen LogP contribution < -0.4 is 0 Å². The molecule has 1 rings (SSSR count). The van der Waals surface area contributed by atoms with Crippen molar-refractivity contribution in [2.45, 2.75) is 51.9 Å². The van der Waals surface area contributed by atoms with E-state index in [9.17, 15) is 4.79 Å². The number of rotatable bonds is 3. The Balaban J connectivity index is 2.58. The highest BCUT2D eigenvalue weighted by atomic mass is 16.5. The fraction of sp³-hybridized carbons (Fsp3) is 0.917. The third kappa shape index (κ3) is 3.76. The standard InChI is InChI=1S/C12H23NO3/c1-9(14)13-7-11(16-12(2,3)4)6-10(13)8-15-5/h10-11H,6-8H2,1-5H3/t10-,11+/m0/s1. The maximum absolute atomic E-state index is 11.5. The van der Waals surface area contributed by atoms with Crippen molar-refractivity contribution in [3.05, 3.63) is 0 Å². The number of methoxy groups -OCH3 is 1. The number of likely N-dealkylation sites (tertiary alicyclic amines) is 1. The van der Waals surface area contributed by atoms with E-state index in [0.29, 0.717) is 13.2 Å². The van der Waals surface area contributed by atoms with Crippen LogP contribution in [0.5, 0.6) is 0 Å². The SMILES string of the molecule is COC[C@@H]1C[C@@H](OC(C)(C)C)CN1C(C)=O. The molecule has 0 N–H and O–H groups in total. The van der Waals surface area contributed by atoms with Crippen LogP contribution in [0, 0.1) is 0 Å². The van der Waals surface area contributed by atoms with Gasteiger partial charge in [0.2, 0.25) is 5.91 Å². The molecule has 0 bridgehead atoms. The van der Waals surface area contributed by atoms with Crippen LogP contribution >= 0.6 is 0 Å². The van der Waals surface area contributed by atoms with Gasteiger partial charge in [0.1, 0.15) is 0 Å². The first kappa shape index (κ1) is 13.5. The molecule has 1 amide bonds. The van der Waals surface area contributed by atoms with Gasteiger partial charge in [0.05, 0.1) is 24.4 Å². The second-order valence-corrected chi connectivity index (χ2v) is 5.37. The molecule has 1 saturated heterocycles. The summed E-state index contributed by atoms with van der Waals surface area (Å²) in [5.74, 6) is 0.0991. The Hall–Kier alpha value is -0.610. The Morgan fingerprint density at radius 1 is 1.44 bits per heavy atom. The van der Waals surface area contributed by atoms with Gasteiger partial charge in [0.25, 0.3) is 0 Å². The van der Waals surface area contributed by atoms with Crippen molar-refractivity contribution in [1.82, 2.24) is 4.90 Å². The zero-order valence-corrected chi connectivity index (χ0v) is 10.9. The molecule has 0 aliphatic carbocycles. The smallest absolute Gasteiger partial charge is 0.219 e. The lowest BCUT2D eigenvalue weighted by atomic mass is 10.1. The van der Waals surface area contributed by atoms with Crippen LogP contribution in [0.2, 0.25) is 0 Å². The Morgan fingerprint density at radius 3 is 2.50 bits per heavy atom. The summed E-state index contributed by atoms with van der Waals surface area (Å²) in [5, 5.41) is 0. The van der Waals surface area contributed by atoms with Gasteiger partial charge in [-0.25, -0.2) is 0 Å². The summed E-state index contributed by atoms with van der Waals surface area (Å²) in [6.45, 7) is 8.98. The summed E-state index contributed by atoms with van der Waals surface area (Å²) < 4.78 is 11.0. The van der Waals surface area contributed by atoms with Crippen LogP contribution in [0.25, 0.3) is 0 Å². The Kier molecular flexibility index (Phi) is 4.33. The van der Waals surface area contributed by atoms with E-state index in [4.69, 9.17) is 9.47 Å². The highest BCUT2D eigenvalue weighted by Crippen LogP contribution is 2.24. The van der Waals surface area contributed by atoms with Crippen molar-refractivity contribution in [2.75, 3.05) is 20.3 Å². The van der Waals surface area contributed by atoms with Gasteiger partial charge >= 0.3 is 0 Å². The molecule has 2 atom stereocenters. The van der Waals surface area contributed by atoms with E-state index in [2.05, 4.69) is 0 Å². The van der Waals surface area contributed by atoms with Crippen LogP contribution in [0.15, 0.2) is 0 Å². The van der Waals surface area contributed by atoms with Gasteiger partial charge in [-0.3, -0.25) is 4.79 Å². The van der Waals surface area contributed by atoms with Crippen molar-refractivity contribution < 1.29 is 14.3 Å². The van der Waals surface area contributed by atoms with Crippen molar-refractivity contribution in [3.8, 4) is 0 Å². The molecule has 0 aromatic heterocycles. The minimum Gasteiger partial charge on any atom is -0.383 e. The van der Waals surface area contributed by atoms with Gasteiger partial charge in [-0.15, -0.1) is 0 Å². The molecule has 4 heteroatoms. The molecule has 1 aliphatic heterocycles. The molecule has 0 unspecified atom stereocenters. The summed E-state index contributed by atoms with van der Waals surface area (Å²) in [6.07, 6.45) is 0.995. The predicted octanol–water partition coefficient (Wildman–Crippen LogP) is 1.44. The van der Waals surface area contributed by atoms with E-state index in [1.165, 1.54) is 0 Å². The van der Waals surface area contributed by atoms with Gasteiger partial charge in [0, 0.05) is 20.6 Å². The molecule has 0 spiro atoms. The molecule has 1 fully saturated rings. The van der Waals surface area contributed by atoms with Gasteiger partial charge < -0.3 is 14.4 Å². The molecule has 0 saturated carbocycles. The van der Waals surface area contributed by atoms with Crippen molar-refractivity contribution in [3.63, 3.8) is 0 Å². The fourth-order valence-electron chi connectivity index (χ4n) is 2.20. The third-order valence-corrected chi connectivity index (χ3v) is 2.66. The van der Waals surface area contributed by atoms with Gasteiger partial charge in [-0.1, -0.05) is 0 Å². The van der Waals surface area contributed by atoms with Gasteiger partial charge in [-0.2, -0.15) is 0 Å². The fourth-order valence-corrected chi connectivity index (χ4v) is 2.20. The van der Waals surface area contributed by atoms with Crippen LogP contribution in [0.1, 0.15) is 34.1 Å². The lowest BCUT2D eigenvalue weighted by Crippen LogP contribution is -2.37. The first-order valence-corrected chi connectivity index (χ1v) is 5.77. The maximum Gasteiger partial charge on any atom is 0.219 e. The topological polar surface area (TPSA) is 38.8 Å². The normalized spacial score (nSPS) is 26.2. The Labute approximate surface area is 97.9 Å². The second kappa shape index (κ2) is 5.15. The number of ether oxygens (including phenoxy) is 2. The number of nitrogens with zero attached hydrogens (tertiary/aromatic N) is 1. The average molecular weight is 229 g/mol. The molecular weight excluding hydrogens is 206 g/mol. The Bertz CT molecular complexity index is 247. The van der Waals surface area contributed by atoms with E-state index in [1.807, 2.05) is 25.7 Å². The first-order valence-electron chi connectivity index (χ1n) is 5.77. The molecule has 94 valence electrons. The van der Waals surface area contributed by atoms with Crippen molar-refractivity contribution in [1.29, 1.82) is 0 Å². The number of amides is 1. The minimum atomic E-state index is -0.158. The lowest BCUT2D eigenvalue weighted by molar-refractivity contribution is -0.131. The van der Waals surface area contributed by atoms with E-state index < -0.39 is 0 Å². The van der Waals surface area contributed by atoms with E-state index in [-0.39, 0.29) is 23.7 Å². The highest BCUT2D eigenvalue weighted by Gasteiger charge is 2.35. The molecular formula is C12H23NO3. The largest absolute Gasteiger partial charge is 0.383 e. The number of hydrogen-bond donors (Lipinski definition) is 0. The van der Waals surface area contributed by atoms with E-state index >= 15 is 0 Å². The molecule has 1 aliphatic rings. The summed E-state index contributed by atoms with van der Waals surface area (Å²) in [7, 11) is 1.66. The maximum atomic E-state index is 11.5. The molecule has 1 heterocycles. The number of carbonyl (C=O) groups excluding carboxylic acids is 1. The summed E-state index contributed by atoms with van der Waals surface area (Å²) in [6, 6.07) is 0.162. The molecule has 4 nitrogen and oxygen atoms in total. The van der Waals surface area contributed by atoms with Crippen molar-refractivity contribution in [2.24, 2.45) is 0 Å². The minimum absolute atomic E-state index is 0.0991. The van der Waals surface area contributed by atoms with Crippen LogP contribution in [0.3, 0.4) is 0 Å².